The quantitative estimate of drug-likeness (QED) is 0.525. The van der Waals surface area contributed by atoms with Gasteiger partial charge < -0.3 is 15.4 Å². The van der Waals surface area contributed by atoms with Crippen molar-refractivity contribution in [2.24, 2.45) is 11.8 Å². The first kappa shape index (κ1) is 25.1. The highest BCUT2D eigenvalue weighted by Gasteiger charge is 2.31. The molecule has 6 nitrogen and oxygen atoms in total. The van der Waals surface area contributed by atoms with E-state index in [0.717, 1.165) is 11.1 Å². The highest BCUT2D eigenvalue weighted by atomic mass is 16.5. The van der Waals surface area contributed by atoms with Crippen molar-refractivity contribution in [1.82, 2.24) is 10.6 Å². The summed E-state index contributed by atoms with van der Waals surface area (Å²) in [5.74, 6) is -1.37. The molecule has 0 heterocycles. The fourth-order valence-electron chi connectivity index (χ4n) is 3.24. The van der Waals surface area contributed by atoms with Crippen LogP contribution in [0.1, 0.15) is 45.2 Å². The Labute approximate surface area is 190 Å². The summed E-state index contributed by atoms with van der Waals surface area (Å²) in [7, 11) is 0. The number of rotatable bonds is 11. The number of carbonyl (C=O) groups is 3. The predicted molar refractivity (Wildman–Crippen MR) is 125 cm³/mol. The molecule has 2 aromatic carbocycles. The number of esters is 1. The third-order valence-electron chi connectivity index (χ3n) is 5.19. The zero-order valence-electron chi connectivity index (χ0n) is 19.3. The number of hydrogen-bond donors (Lipinski definition) is 2. The number of benzene rings is 2. The lowest BCUT2D eigenvalue weighted by atomic mass is 10.00. The molecule has 0 unspecified atom stereocenters. The Bertz CT molecular complexity index is 866. The van der Waals surface area contributed by atoms with Crippen LogP contribution in [0.15, 0.2) is 60.7 Å². The molecule has 0 aliphatic heterocycles. The minimum Gasteiger partial charge on any atom is -0.459 e. The van der Waals surface area contributed by atoms with Crippen LogP contribution in [0.5, 0.6) is 0 Å². The third kappa shape index (κ3) is 8.17. The standard InChI is InChI=1S/C26H34N2O4/c1-18(2)23(27-22(29)16-15-20-11-7-5-8-12-20)25(30)28-24(19(3)4)26(31)32-17-21-13-9-6-10-14-21/h5-14,18-19,23-24H,15-17H2,1-4H3,(H,27,29)(H,28,30)/t23-,24-/m0/s1. The largest absolute Gasteiger partial charge is 0.459 e. The normalized spacial score (nSPS) is 12.8. The Hall–Kier alpha value is -3.15. The molecular formula is C26H34N2O4. The van der Waals surface area contributed by atoms with E-state index in [-0.39, 0.29) is 36.7 Å². The molecule has 0 fully saturated rings. The molecule has 0 aliphatic rings. The van der Waals surface area contributed by atoms with Gasteiger partial charge in [-0.3, -0.25) is 9.59 Å². The molecule has 32 heavy (non-hydrogen) atoms. The van der Waals surface area contributed by atoms with E-state index in [1.54, 1.807) is 0 Å². The fraction of sp³-hybridized carbons (Fsp3) is 0.423. The average molecular weight is 439 g/mol. The van der Waals surface area contributed by atoms with Crippen LogP contribution in [-0.4, -0.2) is 29.9 Å². The summed E-state index contributed by atoms with van der Waals surface area (Å²) in [4.78, 5) is 38.1. The maximum atomic E-state index is 13.0. The van der Waals surface area contributed by atoms with Crippen molar-refractivity contribution in [2.45, 2.75) is 59.2 Å². The van der Waals surface area contributed by atoms with Crippen LogP contribution in [0.2, 0.25) is 0 Å². The van der Waals surface area contributed by atoms with Crippen LogP contribution >= 0.6 is 0 Å². The van der Waals surface area contributed by atoms with Gasteiger partial charge in [-0.25, -0.2) is 4.79 Å². The Morgan fingerprint density at radius 1 is 0.750 bits per heavy atom. The van der Waals surface area contributed by atoms with E-state index in [0.29, 0.717) is 6.42 Å². The Morgan fingerprint density at radius 3 is 1.81 bits per heavy atom. The highest BCUT2D eigenvalue weighted by molar-refractivity contribution is 5.91. The number of ether oxygens (including phenoxy) is 1. The molecule has 2 N–H and O–H groups in total. The zero-order chi connectivity index (χ0) is 23.5. The van der Waals surface area contributed by atoms with E-state index >= 15 is 0 Å². The minimum absolute atomic E-state index is 0.135. The van der Waals surface area contributed by atoms with Gasteiger partial charge >= 0.3 is 5.97 Å². The summed E-state index contributed by atoms with van der Waals surface area (Å²) in [6.07, 6.45) is 0.882. The maximum Gasteiger partial charge on any atom is 0.329 e. The van der Waals surface area contributed by atoms with Crippen LogP contribution in [0.3, 0.4) is 0 Å². The van der Waals surface area contributed by atoms with Crippen LogP contribution < -0.4 is 10.6 Å². The molecular weight excluding hydrogens is 404 g/mol. The van der Waals surface area contributed by atoms with Gasteiger partial charge in [-0.05, 0) is 29.4 Å². The topological polar surface area (TPSA) is 84.5 Å². The lowest BCUT2D eigenvalue weighted by Gasteiger charge is -2.26. The van der Waals surface area contributed by atoms with E-state index in [1.165, 1.54) is 0 Å². The molecule has 2 amide bonds. The summed E-state index contributed by atoms with van der Waals surface area (Å²) >= 11 is 0. The number of nitrogens with one attached hydrogen (secondary N) is 2. The van der Waals surface area contributed by atoms with E-state index in [9.17, 15) is 14.4 Å². The van der Waals surface area contributed by atoms with E-state index in [4.69, 9.17) is 4.74 Å². The molecule has 0 saturated carbocycles. The molecule has 0 aromatic heterocycles. The second kappa shape index (κ2) is 12.6. The first-order valence-corrected chi connectivity index (χ1v) is 11.1. The predicted octanol–water partition coefficient (Wildman–Crippen LogP) is 3.64. The van der Waals surface area contributed by atoms with Gasteiger partial charge in [0.05, 0.1) is 0 Å². The Morgan fingerprint density at radius 2 is 1.28 bits per heavy atom. The van der Waals surface area contributed by atoms with Crippen molar-refractivity contribution in [2.75, 3.05) is 0 Å². The molecule has 0 spiro atoms. The van der Waals surface area contributed by atoms with Crippen molar-refractivity contribution in [1.29, 1.82) is 0 Å². The molecule has 0 aliphatic carbocycles. The van der Waals surface area contributed by atoms with Crippen molar-refractivity contribution in [3.8, 4) is 0 Å². The number of aryl methyl sites for hydroxylation is 1. The summed E-state index contributed by atoms with van der Waals surface area (Å²) in [5.41, 5.74) is 1.94. The van der Waals surface area contributed by atoms with Gasteiger partial charge in [-0.15, -0.1) is 0 Å². The van der Waals surface area contributed by atoms with Gasteiger partial charge in [-0.2, -0.15) is 0 Å². The van der Waals surface area contributed by atoms with Crippen LogP contribution in [0.4, 0.5) is 0 Å². The van der Waals surface area contributed by atoms with Crippen LogP contribution in [0, 0.1) is 11.8 Å². The molecule has 0 radical (unpaired) electrons. The monoisotopic (exact) mass is 438 g/mol. The van der Waals surface area contributed by atoms with Crippen molar-refractivity contribution < 1.29 is 19.1 Å². The van der Waals surface area contributed by atoms with Crippen LogP contribution in [-0.2, 0) is 32.1 Å². The molecule has 0 saturated heterocycles. The molecule has 2 aromatic rings. The fourth-order valence-corrected chi connectivity index (χ4v) is 3.24. The smallest absolute Gasteiger partial charge is 0.329 e. The van der Waals surface area contributed by atoms with Crippen LogP contribution in [0.25, 0.3) is 0 Å². The Kier molecular flexibility index (Phi) is 9.92. The first-order chi connectivity index (χ1) is 15.3. The first-order valence-electron chi connectivity index (χ1n) is 11.1. The molecule has 2 rings (SSSR count). The van der Waals surface area contributed by atoms with Gasteiger partial charge in [0.25, 0.3) is 0 Å². The van der Waals surface area contributed by atoms with Crippen molar-refractivity contribution >= 4 is 17.8 Å². The van der Waals surface area contributed by atoms with E-state index in [2.05, 4.69) is 10.6 Å². The van der Waals surface area contributed by atoms with Gasteiger partial charge in [-0.1, -0.05) is 88.4 Å². The summed E-state index contributed by atoms with van der Waals surface area (Å²) in [5, 5.41) is 5.61. The molecule has 172 valence electrons. The van der Waals surface area contributed by atoms with E-state index in [1.807, 2.05) is 88.4 Å². The second-order valence-corrected chi connectivity index (χ2v) is 8.60. The molecule has 2 atom stereocenters. The third-order valence-corrected chi connectivity index (χ3v) is 5.19. The number of carbonyl (C=O) groups excluding carboxylic acids is 3. The second-order valence-electron chi connectivity index (χ2n) is 8.60. The van der Waals surface area contributed by atoms with E-state index < -0.39 is 18.1 Å². The number of amides is 2. The zero-order valence-corrected chi connectivity index (χ0v) is 19.3. The summed E-state index contributed by atoms with van der Waals surface area (Å²) in [6, 6.07) is 17.6. The highest BCUT2D eigenvalue weighted by Crippen LogP contribution is 2.10. The molecule has 6 heteroatoms. The van der Waals surface area contributed by atoms with Gasteiger partial charge in [0.1, 0.15) is 18.7 Å². The van der Waals surface area contributed by atoms with Crippen molar-refractivity contribution in [3.05, 3.63) is 71.8 Å². The lowest BCUT2D eigenvalue weighted by Crippen LogP contribution is -2.55. The minimum atomic E-state index is -0.798. The van der Waals surface area contributed by atoms with Crippen molar-refractivity contribution in [3.63, 3.8) is 0 Å². The lowest BCUT2D eigenvalue weighted by molar-refractivity contribution is -0.150. The Balaban J connectivity index is 1.94. The van der Waals surface area contributed by atoms with Gasteiger partial charge in [0.2, 0.25) is 11.8 Å². The van der Waals surface area contributed by atoms with Gasteiger partial charge in [0.15, 0.2) is 0 Å². The van der Waals surface area contributed by atoms with Gasteiger partial charge in [0, 0.05) is 6.42 Å². The summed E-state index contributed by atoms with van der Waals surface area (Å²) in [6.45, 7) is 7.55. The SMILES string of the molecule is CC(C)[C@H](NC(=O)CCc1ccccc1)C(=O)N[C@H](C(=O)OCc1ccccc1)C(C)C. The number of hydrogen-bond acceptors (Lipinski definition) is 4. The average Bonchev–Trinajstić information content (AvgIpc) is 2.78. The molecule has 0 bridgehead atoms. The summed E-state index contributed by atoms with van der Waals surface area (Å²) < 4.78 is 5.42. The maximum absolute atomic E-state index is 13.0.